The van der Waals surface area contributed by atoms with Crippen molar-refractivity contribution in [2.24, 2.45) is 0 Å². The second kappa shape index (κ2) is 5.85. The van der Waals surface area contributed by atoms with Gasteiger partial charge in [-0.3, -0.25) is 9.97 Å². The fourth-order valence-corrected chi connectivity index (χ4v) is 2.04. The Kier molecular flexibility index (Phi) is 3.57. The first-order chi connectivity index (χ1) is 10.4. The predicted octanol–water partition coefficient (Wildman–Crippen LogP) is 3.76. The smallest absolute Gasteiger partial charge is 0.101 e. The topological polar surface area (TPSA) is 61.6 Å². The molecule has 0 aliphatic heterocycles. The molecular weight excluding hydrogens is 260 g/mol. The van der Waals surface area contributed by atoms with Crippen LogP contribution in [0.25, 0.3) is 11.1 Å². The van der Waals surface area contributed by atoms with E-state index in [-0.39, 0.29) is 0 Å². The number of nitriles is 1. The quantitative estimate of drug-likeness (QED) is 0.788. The van der Waals surface area contributed by atoms with Crippen LogP contribution in [-0.4, -0.2) is 9.97 Å². The van der Waals surface area contributed by atoms with Gasteiger partial charge in [0.15, 0.2) is 0 Å². The normalized spacial score (nSPS) is 9.86. The van der Waals surface area contributed by atoms with Crippen molar-refractivity contribution < 1.29 is 0 Å². The summed E-state index contributed by atoms with van der Waals surface area (Å²) in [5.41, 5.74) is 4.18. The van der Waals surface area contributed by atoms with E-state index < -0.39 is 0 Å². The molecule has 100 valence electrons. The summed E-state index contributed by atoms with van der Waals surface area (Å²) in [7, 11) is 0. The molecule has 2 aromatic heterocycles. The molecular formula is C17H12N4. The number of pyridine rings is 2. The first kappa shape index (κ1) is 12.8. The van der Waals surface area contributed by atoms with Crippen molar-refractivity contribution >= 4 is 11.4 Å². The first-order valence-electron chi connectivity index (χ1n) is 6.48. The van der Waals surface area contributed by atoms with Gasteiger partial charge in [0.05, 0.1) is 23.1 Å². The Morgan fingerprint density at radius 3 is 2.57 bits per heavy atom. The van der Waals surface area contributed by atoms with E-state index >= 15 is 0 Å². The van der Waals surface area contributed by atoms with Crippen LogP contribution >= 0.6 is 0 Å². The van der Waals surface area contributed by atoms with Crippen molar-refractivity contribution in [3.05, 3.63) is 72.8 Å². The molecule has 4 nitrogen and oxygen atoms in total. The molecule has 0 saturated heterocycles. The van der Waals surface area contributed by atoms with Crippen molar-refractivity contribution in [1.82, 2.24) is 9.97 Å². The SMILES string of the molecule is N#Cc1ccccc1Nc1cncc(-c2cccnc2)c1. The highest BCUT2D eigenvalue weighted by Gasteiger charge is 2.03. The molecule has 0 radical (unpaired) electrons. The maximum absolute atomic E-state index is 9.12. The van der Waals surface area contributed by atoms with Gasteiger partial charge < -0.3 is 5.32 Å². The summed E-state index contributed by atoms with van der Waals surface area (Å²) in [5, 5.41) is 12.3. The van der Waals surface area contributed by atoms with Crippen LogP contribution < -0.4 is 5.32 Å². The average Bonchev–Trinajstić information content (AvgIpc) is 2.56. The molecule has 21 heavy (non-hydrogen) atoms. The third-order valence-electron chi connectivity index (χ3n) is 3.06. The average molecular weight is 272 g/mol. The zero-order chi connectivity index (χ0) is 14.5. The Balaban J connectivity index is 1.93. The van der Waals surface area contributed by atoms with Crippen LogP contribution in [-0.2, 0) is 0 Å². The number of aromatic nitrogens is 2. The van der Waals surface area contributed by atoms with E-state index in [1.54, 1.807) is 30.9 Å². The summed E-state index contributed by atoms with van der Waals surface area (Å²) >= 11 is 0. The molecule has 4 heteroatoms. The highest BCUT2D eigenvalue weighted by atomic mass is 14.9. The highest BCUT2D eigenvalue weighted by Crippen LogP contribution is 2.24. The fourth-order valence-electron chi connectivity index (χ4n) is 2.04. The molecule has 0 unspecified atom stereocenters. The number of hydrogen-bond acceptors (Lipinski definition) is 4. The third-order valence-corrected chi connectivity index (χ3v) is 3.06. The summed E-state index contributed by atoms with van der Waals surface area (Å²) in [5.74, 6) is 0. The number of nitrogens with zero attached hydrogens (tertiary/aromatic N) is 3. The summed E-state index contributed by atoms with van der Waals surface area (Å²) in [4.78, 5) is 8.35. The van der Waals surface area contributed by atoms with Gasteiger partial charge >= 0.3 is 0 Å². The summed E-state index contributed by atoms with van der Waals surface area (Å²) in [6.07, 6.45) is 7.05. The first-order valence-corrected chi connectivity index (χ1v) is 6.48. The number of benzene rings is 1. The lowest BCUT2D eigenvalue weighted by molar-refractivity contribution is 1.29. The van der Waals surface area contributed by atoms with E-state index in [2.05, 4.69) is 21.4 Å². The van der Waals surface area contributed by atoms with E-state index in [1.165, 1.54) is 0 Å². The van der Waals surface area contributed by atoms with E-state index in [9.17, 15) is 0 Å². The Bertz CT molecular complexity index is 791. The van der Waals surface area contributed by atoms with Crippen LogP contribution in [0, 0.1) is 11.3 Å². The molecule has 3 aromatic rings. The van der Waals surface area contributed by atoms with Gasteiger partial charge in [0, 0.05) is 29.7 Å². The highest BCUT2D eigenvalue weighted by molar-refractivity contribution is 5.71. The van der Waals surface area contributed by atoms with Gasteiger partial charge in [-0.25, -0.2) is 0 Å². The van der Waals surface area contributed by atoms with Crippen LogP contribution in [0.5, 0.6) is 0 Å². The number of nitrogens with one attached hydrogen (secondary N) is 1. The molecule has 0 aliphatic carbocycles. The van der Waals surface area contributed by atoms with E-state index in [0.29, 0.717) is 5.56 Å². The second-order valence-electron chi connectivity index (χ2n) is 4.49. The molecule has 0 atom stereocenters. The Morgan fingerprint density at radius 1 is 0.905 bits per heavy atom. The lowest BCUT2D eigenvalue weighted by Gasteiger charge is -2.09. The fraction of sp³-hybridized carbons (Fsp3) is 0. The monoisotopic (exact) mass is 272 g/mol. The molecule has 1 aromatic carbocycles. The Hall–Kier alpha value is -3.19. The lowest BCUT2D eigenvalue weighted by atomic mass is 10.1. The molecule has 3 rings (SSSR count). The number of hydrogen-bond donors (Lipinski definition) is 1. The van der Waals surface area contributed by atoms with Crippen LogP contribution in [0.1, 0.15) is 5.56 Å². The predicted molar refractivity (Wildman–Crippen MR) is 81.9 cm³/mol. The van der Waals surface area contributed by atoms with E-state index in [1.807, 2.05) is 36.4 Å². The Morgan fingerprint density at radius 2 is 1.76 bits per heavy atom. The van der Waals surface area contributed by atoms with Gasteiger partial charge in [-0.1, -0.05) is 18.2 Å². The van der Waals surface area contributed by atoms with Gasteiger partial charge in [0.25, 0.3) is 0 Å². The summed E-state index contributed by atoms with van der Waals surface area (Å²) in [6, 6.07) is 15.4. The largest absolute Gasteiger partial charge is 0.353 e. The maximum Gasteiger partial charge on any atom is 0.101 e. The minimum Gasteiger partial charge on any atom is -0.353 e. The maximum atomic E-state index is 9.12. The van der Waals surface area contributed by atoms with Crippen molar-refractivity contribution in [1.29, 1.82) is 5.26 Å². The van der Waals surface area contributed by atoms with Crippen LogP contribution in [0.2, 0.25) is 0 Å². The summed E-state index contributed by atoms with van der Waals surface area (Å²) < 4.78 is 0. The van der Waals surface area contributed by atoms with Gasteiger partial charge in [-0.15, -0.1) is 0 Å². The van der Waals surface area contributed by atoms with Crippen molar-refractivity contribution in [3.8, 4) is 17.2 Å². The molecule has 0 aliphatic rings. The molecule has 0 spiro atoms. The van der Waals surface area contributed by atoms with Crippen molar-refractivity contribution in [2.45, 2.75) is 0 Å². The number of para-hydroxylation sites is 1. The molecule has 2 heterocycles. The third kappa shape index (κ3) is 2.88. The van der Waals surface area contributed by atoms with Gasteiger partial charge in [0.1, 0.15) is 6.07 Å². The number of rotatable bonds is 3. The van der Waals surface area contributed by atoms with Crippen LogP contribution in [0.15, 0.2) is 67.3 Å². The zero-order valence-corrected chi connectivity index (χ0v) is 11.2. The second-order valence-corrected chi connectivity index (χ2v) is 4.49. The molecule has 0 amide bonds. The van der Waals surface area contributed by atoms with Crippen LogP contribution in [0.3, 0.4) is 0 Å². The minimum absolute atomic E-state index is 0.601. The van der Waals surface area contributed by atoms with Gasteiger partial charge in [0.2, 0.25) is 0 Å². The van der Waals surface area contributed by atoms with Crippen LogP contribution in [0.4, 0.5) is 11.4 Å². The number of anilines is 2. The molecule has 0 saturated carbocycles. The standard InChI is InChI=1S/C17H12N4/c18-9-13-4-1-2-6-17(13)21-16-8-15(11-20-12-16)14-5-3-7-19-10-14/h1-8,10-12,21H. The molecule has 1 N–H and O–H groups in total. The summed E-state index contributed by atoms with van der Waals surface area (Å²) in [6.45, 7) is 0. The zero-order valence-electron chi connectivity index (χ0n) is 11.2. The van der Waals surface area contributed by atoms with Gasteiger partial charge in [-0.2, -0.15) is 5.26 Å². The molecule has 0 fully saturated rings. The van der Waals surface area contributed by atoms with E-state index in [4.69, 9.17) is 5.26 Å². The van der Waals surface area contributed by atoms with E-state index in [0.717, 1.165) is 22.5 Å². The Labute approximate surface area is 122 Å². The van der Waals surface area contributed by atoms with Crippen molar-refractivity contribution in [3.63, 3.8) is 0 Å². The van der Waals surface area contributed by atoms with Gasteiger partial charge in [-0.05, 0) is 24.3 Å². The lowest BCUT2D eigenvalue weighted by Crippen LogP contribution is -1.94. The van der Waals surface area contributed by atoms with Crippen molar-refractivity contribution in [2.75, 3.05) is 5.32 Å². The minimum atomic E-state index is 0.601. The molecule has 0 bridgehead atoms.